The third kappa shape index (κ3) is 4.64. The van der Waals surface area contributed by atoms with Crippen molar-refractivity contribution in [3.8, 4) is 0 Å². The molecule has 0 radical (unpaired) electrons. The van der Waals surface area contributed by atoms with Crippen LogP contribution in [0.15, 0.2) is 18.2 Å². The van der Waals surface area contributed by atoms with Gasteiger partial charge in [0.15, 0.2) is 0 Å². The van der Waals surface area contributed by atoms with E-state index in [9.17, 15) is 23.5 Å². The Morgan fingerprint density at radius 2 is 2.04 bits per heavy atom. The lowest BCUT2D eigenvalue weighted by molar-refractivity contribution is -0.136. The predicted molar refractivity (Wildman–Crippen MR) is 95.8 cm³/mol. The number of halogens is 2. The second-order valence-corrected chi connectivity index (χ2v) is 7.72. The Hall–Kier alpha value is -2.02. The molecule has 2 aliphatic rings. The van der Waals surface area contributed by atoms with E-state index in [4.69, 9.17) is 0 Å². The normalized spacial score (nSPS) is 23.1. The number of rotatable bonds is 6. The van der Waals surface area contributed by atoms with E-state index in [1.807, 2.05) is 0 Å². The molecular formula is C20H26F2N2O3. The summed E-state index contributed by atoms with van der Waals surface area (Å²) in [6, 6.07) is 3.46. The van der Waals surface area contributed by atoms with Crippen molar-refractivity contribution in [2.75, 3.05) is 32.8 Å². The van der Waals surface area contributed by atoms with Crippen LogP contribution >= 0.6 is 0 Å². The standard InChI is InChI=1S/C20H26F2N2O3/c21-16-5-4-15(17(22)11-16)12-20(14-25)7-2-9-24(13-20)19(27)6-10-23-8-1-3-18(23)26/h4-5,11,25H,1-3,6-10,12-14H2. The van der Waals surface area contributed by atoms with E-state index in [-0.39, 0.29) is 31.3 Å². The first-order valence-electron chi connectivity index (χ1n) is 9.53. The molecule has 27 heavy (non-hydrogen) atoms. The van der Waals surface area contributed by atoms with Crippen LogP contribution in [0.25, 0.3) is 0 Å². The van der Waals surface area contributed by atoms with Crippen molar-refractivity contribution in [2.45, 2.75) is 38.5 Å². The summed E-state index contributed by atoms with van der Waals surface area (Å²) < 4.78 is 27.2. The molecule has 2 amide bonds. The first-order chi connectivity index (χ1) is 12.9. The number of piperidine rings is 1. The monoisotopic (exact) mass is 380 g/mol. The van der Waals surface area contributed by atoms with Gasteiger partial charge in [-0.25, -0.2) is 8.78 Å². The molecule has 1 aromatic carbocycles. The molecule has 7 heteroatoms. The largest absolute Gasteiger partial charge is 0.396 e. The highest BCUT2D eigenvalue weighted by atomic mass is 19.1. The Bertz CT molecular complexity index is 712. The number of hydrogen-bond acceptors (Lipinski definition) is 3. The van der Waals surface area contributed by atoms with Crippen molar-refractivity contribution >= 4 is 11.8 Å². The molecule has 2 saturated heterocycles. The van der Waals surface area contributed by atoms with Crippen molar-refractivity contribution in [3.05, 3.63) is 35.4 Å². The van der Waals surface area contributed by atoms with Gasteiger partial charge in [-0.1, -0.05) is 6.07 Å². The Kier molecular flexibility index (Phi) is 6.09. The van der Waals surface area contributed by atoms with Crippen molar-refractivity contribution in [1.29, 1.82) is 0 Å². The highest BCUT2D eigenvalue weighted by Crippen LogP contribution is 2.34. The number of carbonyl (C=O) groups is 2. The van der Waals surface area contributed by atoms with Gasteiger partial charge in [0, 0.05) is 50.5 Å². The molecule has 0 saturated carbocycles. The number of aliphatic hydroxyl groups excluding tert-OH is 1. The quantitative estimate of drug-likeness (QED) is 0.822. The zero-order valence-electron chi connectivity index (χ0n) is 15.4. The van der Waals surface area contributed by atoms with E-state index in [1.54, 1.807) is 9.80 Å². The minimum atomic E-state index is -0.633. The van der Waals surface area contributed by atoms with Crippen molar-refractivity contribution in [2.24, 2.45) is 5.41 Å². The van der Waals surface area contributed by atoms with Crippen LogP contribution in [0, 0.1) is 17.0 Å². The molecule has 148 valence electrons. The fourth-order valence-electron chi connectivity index (χ4n) is 4.15. The summed E-state index contributed by atoms with van der Waals surface area (Å²) in [5.41, 5.74) is -0.279. The molecule has 0 bridgehead atoms. The average molecular weight is 380 g/mol. The molecule has 1 atom stereocenters. The fourth-order valence-corrected chi connectivity index (χ4v) is 4.15. The maximum absolute atomic E-state index is 14.1. The van der Waals surface area contributed by atoms with Gasteiger partial charge in [0.25, 0.3) is 0 Å². The molecule has 0 aliphatic carbocycles. The molecule has 0 spiro atoms. The van der Waals surface area contributed by atoms with Crippen LogP contribution in [0.1, 0.15) is 37.7 Å². The maximum atomic E-state index is 14.1. The minimum Gasteiger partial charge on any atom is -0.396 e. The molecule has 1 unspecified atom stereocenters. The second kappa shape index (κ2) is 8.33. The molecule has 2 fully saturated rings. The van der Waals surface area contributed by atoms with Gasteiger partial charge in [-0.05, 0) is 37.3 Å². The Morgan fingerprint density at radius 3 is 2.70 bits per heavy atom. The van der Waals surface area contributed by atoms with Gasteiger partial charge in [-0.3, -0.25) is 9.59 Å². The number of carbonyl (C=O) groups excluding carboxylic acids is 2. The average Bonchev–Trinajstić information content (AvgIpc) is 3.07. The Balaban J connectivity index is 1.63. The third-order valence-electron chi connectivity index (χ3n) is 5.70. The zero-order valence-corrected chi connectivity index (χ0v) is 15.4. The molecule has 1 N–H and O–H groups in total. The van der Waals surface area contributed by atoms with E-state index in [0.717, 1.165) is 18.9 Å². The summed E-state index contributed by atoms with van der Waals surface area (Å²) in [6.07, 6.45) is 3.30. The summed E-state index contributed by atoms with van der Waals surface area (Å²) in [7, 11) is 0. The number of hydrogen-bond donors (Lipinski definition) is 1. The number of likely N-dealkylation sites (tertiary alicyclic amines) is 2. The van der Waals surface area contributed by atoms with E-state index in [0.29, 0.717) is 44.6 Å². The molecule has 2 heterocycles. The number of amides is 2. The topological polar surface area (TPSA) is 60.9 Å². The first kappa shape index (κ1) is 19.7. The van der Waals surface area contributed by atoms with Crippen LogP contribution in [0.2, 0.25) is 0 Å². The number of aliphatic hydroxyl groups is 1. The van der Waals surface area contributed by atoms with Crippen LogP contribution in [0.5, 0.6) is 0 Å². The van der Waals surface area contributed by atoms with Gasteiger partial charge in [0.2, 0.25) is 11.8 Å². The van der Waals surface area contributed by atoms with E-state index in [1.165, 1.54) is 12.1 Å². The molecule has 5 nitrogen and oxygen atoms in total. The molecule has 0 aromatic heterocycles. The van der Waals surface area contributed by atoms with E-state index < -0.39 is 17.0 Å². The van der Waals surface area contributed by atoms with Crippen molar-refractivity contribution in [1.82, 2.24) is 9.80 Å². The summed E-state index contributed by atoms with van der Waals surface area (Å²) in [6.45, 7) is 1.90. The summed E-state index contributed by atoms with van der Waals surface area (Å²) >= 11 is 0. The highest BCUT2D eigenvalue weighted by molar-refractivity contribution is 5.80. The highest BCUT2D eigenvalue weighted by Gasteiger charge is 2.37. The molecule has 2 aliphatic heterocycles. The van der Waals surface area contributed by atoms with Gasteiger partial charge in [0.1, 0.15) is 11.6 Å². The summed E-state index contributed by atoms with van der Waals surface area (Å²) in [5, 5.41) is 10.00. The van der Waals surface area contributed by atoms with Crippen LogP contribution < -0.4 is 0 Å². The maximum Gasteiger partial charge on any atom is 0.224 e. The van der Waals surface area contributed by atoms with Gasteiger partial charge in [-0.2, -0.15) is 0 Å². The molecular weight excluding hydrogens is 354 g/mol. The second-order valence-electron chi connectivity index (χ2n) is 7.72. The predicted octanol–water partition coefficient (Wildman–Crippen LogP) is 2.12. The van der Waals surface area contributed by atoms with Gasteiger partial charge < -0.3 is 14.9 Å². The van der Waals surface area contributed by atoms with Crippen molar-refractivity contribution < 1.29 is 23.5 Å². The van der Waals surface area contributed by atoms with Gasteiger partial charge in [0.05, 0.1) is 6.61 Å². The smallest absolute Gasteiger partial charge is 0.224 e. The molecule has 3 rings (SSSR count). The Labute approximate surface area is 157 Å². The lowest BCUT2D eigenvalue weighted by Crippen LogP contribution is -2.49. The van der Waals surface area contributed by atoms with Crippen molar-refractivity contribution in [3.63, 3.8) is 0 Å². The lowest BCUT2D eigenvalue weighted by Gasteiger charge is -2.42. The minimum absolute atomic E-state index is 0.0493. The zero-order chi connectivity index (χ0) is 19.4. The SMILES string of the molecule is O=C1CCCN1CCC(=O)N1CCCC(CO)(Cc2ccc(F)cc2F)C1. The number of nitrogens with zero attached hydrogens (tertiary/aromatic N) is 2. The van der Waals surface area contributed by atoms with E-state index >= 15 is 0 Å². The lowest BCUT2D eigenvalue weighted by atomic mass is 9.75. The third-order valence-corrected chi connectivity index (χ3v) is 5.70. The van der Waals surface area contributed by atoms with Gasteiger partial charge >= 0.3 is 0 Å². The van der Waals surface area contributed by atoms with Crippen LogP contribution in [0.4, 0.5) is 8.78 Å². The van der Waals surface area contributed by atoms with Gasteiger partial charge in [-0.15, -0.1) is 0 Å². The first-order valence-corrected chi connectivity index (χ1v) is 9.53. The number of benzene rings is 1. The van der Waals surface area contributed by atoms with E-state index in [2.05, 4.69) is 0 Å². The summed E-state index contributed by atoms with van der Waals surface area (Å²) in [5.74, 6) is -1.21. The fraction of sp³-hybridized carbons (Fsp3) is 0.600. The van der Waals surface area contributed by atoms with Crippen LogP contribution in [-0.2, 0) is 16.0 Å². The van der Waals surface area contributed by atoms with Crippen LogP contribution in [0.3, 0.4) is 0 Å². The molecule has 1 aromatic rings. The van der Waals surface area contributed by atoms with Crippen LogP contribution in [-0.4, -0.2) is 59.5 Å². The summed E-state index contributed by atoms with van der Waals surface area (Å²) in [4.78, 5) is 27.7. The Morgan fingerprint density at radius 1 is 1.22 bits per heavy atom.